The molecular weight excluding hydrogens is 484 g/mol. The van der Waals surface area contributed by atoms with Crippen molar-refractivity contribution in [3.8, 4) is 0 Å². The SMILES string of the molecule is CCCCCCCN(C(=O)C(CC(N)=O)NC(=O)OC(C)(C)C)C(C(=O)NC(C)C)c1cc(C)cc(C)c1. The molecule has 2 unspecified atom stereocenters. The Labute approximate surface area is 228 Å². The van der Waals surface area contributed by atoms with E-state index >= 15 is 0 Å². The van der Waals surface area contributed by atoms with Gasteiger partial charge in [0.15, 0.2) is 0 Å². The van der Waals surface area contributed by atoms with Crippen LogP contribution in [-0.2, 0) is 19.1 Å². The molecule has 0 fully saturated rings. The van der Waals surface area contributed by atoms with Gasteiger partial charge in [0.1, 0.15) is 17.7 Å². The van der Waals surface area contributed by atoms with Gasteiger partial charge >= 0.3 is 6.09 Å². The van der Waals surface area contributed by atoms with Crippen molar-refractivity contribution in [2.24, 2.45) is 5.73 Å². The predicted molar refractivity (Wildman–Crippen MR) is 149 cm³/mol. The lowest BCUT2D eigenvalue weighted by atomic mass is 9.97. The van der Waals surface area contributed by atoms with Crippen molar-refractivity contribution in [2.75, 3.05) is 6.54 Å². The molecule has 0 aliphatic carbocycles. The van der Waals surface area contributed by atoms with E-state index in [4.69, 9.17) is 10.5 Å². The van der Waals surface area contributed by atoms with Gasteiger partial charge in [-0.1, -0.05) is 61.9 Å². The molecular formula is C29H48N4O5. The summed E-state index contributed by atoms with van der Waals surface area (Å²) in [6.07, 6.45) is 3.44. The lowest BCUT2D eigenvalue weighted by Gasteiger charge is -2.35. The first-order valence-electron chi connectivity index (χ1n) is 13.6. The zero-order valence-electron chi connectivity index (χ0n) is 24.5. The first-order valence-corrected chi connectivity index (χ1v) is 13.6. The Morgan fingerprint density at radius 1 is 0.947 bits per heavy atom. The molecule has 0 saturated carbocycles. The second-order valence-electron chi connectivity index (χ2n) is 11.3. The lowest BCUT2D eigenvalue weighted by molar-refractivity contribution is -0.143. The van der Waals surface area contributed by atoms with Crippen molar-refractivity contribution in [1.29, 1.82) is 0 Å². The average molecular weight is 533 g/mol. The molecule has 214 valence electrons. The van der Waals surface area contributed by atoms with Gasteiger partial charge in [-0.3, -0.25) is 14.4 Å². The zero-order valence-corrected chi connectivity index (χ0v) is 24.5. The number of nitrogens with two attached hydrogens (primary N) is 1. The molecule has 0 heterocycles. The first-order chi connectivity index (χ1) is 17.6. The van der Waals surface area contributed by atoms with Crippen molar-refractivity contribution in [3.05, 3.63) is 34.9 Å². The Morgan fingerprint density at radius 3 is 2.03 bits per heavy atom. The zero-order chi connectivity index (χ0) is 29.0. The molecule has 38 heavy (non-hydrogen) atoms. The number of nitrogens with one attached hydrogen (secondary N) is 2. The maximum absolute atomic E-state index is 14.0. The molecule has 2 atom stereocenters. The van der Waals surface area contributed by atoms with Crippen LogP contribution in [0.5, 0.6) is 0 Å². The molecule has 9 heteroatoms. The van der Waals surface area contributed by atoms with Crippen LogP contribution in [0.2, 0.25) is 0 Å². The van der Waals surface area contributed by atoms with Gasteiger partial charge in [-0.2, -0.15) is 0 Å². The molecule has 0 spiro atoms. The number of aryl methyl sites for hydroxylation is 2. The van der Waals surface area contributed by atoms with Crippen LogP contribution in [0.1, 0.15) is 103 Å². The van der Waals surface area contributed by atoms with Crippen LogP contribution in [0, 0.1) is 13.8 Å². The number of rotatable bonds is 14. The molecule has 4 amide bonds. The molecule has 1 aromatic rings. The predicted octanol–water partition coefficient (Wildman–Crippen LogP) is 4.44. The van der Waals surface area contributed by atoms with E-state index in [9.17, 15) is 19.2 Å². The minimum Gasteiger partial charge on any atom is -0.444 e. The Morgan fingerprint density at radius 2 is 1.53 bits per heavy atom. The summed E-state index contributed by atoms with van der Waals surface area (Å²) in [5, 5.41) is 5.46. The van der Waals surface area contributed by atoms with Gasteiger partial charge in [-0.25, -0.2) is 4.79 Å². The summed E-state index contributed by atoms with van der Waals surface area (Å²) >= 11 is 0. The molecule has 0 aliphatic heterocycles. The molecule has 0 radical (unpaired) electrons. The highest BCUT2D eigenvalue weighted by atomic mass is 16.6. The number of ether oxygens (including phenoxy) is 1. The summed E-state index contributed by atoms with van der Waals surface area (Å²) in [6.45, 7) is 15.1. The fourth-order valence-corrected chi connectivity index (χ4v) is 4.31. The Hall–Kier alpha value is -3.10. The Balaban J connectivity index is 3.53. The Kier molecular flexibility index (Phi) is 13.3. The highest BCUT2D eigenvalue weighted by molar-refractivity contribution is 5.94. The molecule has 0 aliphatic rings. The van der Waals surface area contributed by atoms with Gasteiger partial charge in [0.2, 0.25) is 17.7 Å². The molecule has 0 saturated heterocycles. The number of primary amides is 1. The number of hydrogen-bond acceptors (Lipinski definition) is 5. The van der Waals surface area contributed by atoms with E-state index in [1.54, 1.807) is 20.8 Å². The average Bonchev–Trinajstić information content (AvgIpc) is 2.74. The minimum atomic E-state index is -1.28. The summed E-state index contributed by atoms with van der Waals surface area (Å²) < 4.78 is 5.33. The third-order valence-corrected chi connectivity index (χ3v) is 5.73. The van der Waals surface area contributed by atoms with E-state index in [0.29, 0.717) is 12.0 Å². The quantitative estimate of drug-likeness (QED) is 0.305. The fraction of sp³-hybridized carbons (Fsp3) is 0.655. The van der Waals surface area contributed by atoms with Gasteiger partial charge in [-0.15, -0.1) is 0 Å². The minimum absolute atomic E-state index is 0.154. The highest BCUT2D eigenvalue weighted by Gasteiger charge is 2.37. The normalized spacial score (nSPS) is 13.0. The van der Waals surface area contributed by atoms with Crippen molar-refractivity contribution in [3.63, 3.8) is 0 Å². The summed E-state index contributed by atoms with van der Waals surface area (Å²) in [5.41, 5.74) is 7.24. The van der Waals surface area contributed by atoms with E-state index in [2.05, 4.69) is 17.6 Å². The summed E-state index contributed by atoms with van der Waals surface area (Å²) in [7, 11) is 0. The van der Waals surface area contributed by atoms with Crippen molar-refractivity contribution < 1.29 is 23.9 Å². The number of nitrogens with zero attached hydrogens (tertiary/aromatic N) is 1. The van der Waals surface area contributed by atoms with Crippen LogP contribution < -0.4 is 16.4 Å². The van der Waals surface area contributed by atoms with Crippen LogP contribution in [0.25, 0.3) is 0 Å². The molecule has 1 rings (SSSR count). The van der Waals surface area contributed by atoms with E-state index in [1.807, 2.05) is 45.9 Å². The van der Waals surface area contributed by atoms with Crippen LogP contribution in [-0.4, -0.2) is 52.9 Å². The number of benzene rings is 1. The summed E-state index contributed by atoms with van der Waals surface area (Å²) in [6, 6.07) is 3.39. The van der Waals surface area contributed by atoms with Crippen LogP contribution in [0.4, 0.5) is 4.79 Å². The second-order valence-corrected chi connectivity index (χ2v) is 11.3. The molecule has 9 nitrogen and oxygen atoms in total. The van der Waals surface area contributed by atoms with Crippen molar-refractivity contribution in [2.45, 2.75) is 118 Å². The maximum Gasteiger partial charge on any atom is 0.408 e. The van der Waals surface area contributed by atoms with Crippen LogP contribution >= 0.6 is 0 Å². The van der Waals surface area contributed by atoms with Crippen LogP contribution in [0.3, 0.4) is 0 Å². The van der Waals surface area contributed by atoms with Crippen LogP contribution in [0.15, 0.2) is 18.2 Å². The van der Waals surface area contributed by atoms with Gasteiger partial charge in [-0.05, 0) is 60.5 Å². The number of hydrogen-bond donors (Lipinski definition) is 3. The molecule has 0 aromatic heterocycles. The monoisotopic (exact) mass is 532 g/mol. The number of amides is 4. The van der Waals surface area contributed by atoms with Crippen molar-refractivity contribution >= 4 is 23.8 Å². The number of carbonyl (C=O) groups is 4. The Bertz CT molecular complexity index is 935. The third kappa shape index (κ3) is 12.0. The lowest BCUT2D eigenvalue weighted by Crippen LogP contribution is -2.54. The molecule has 1 aromatic carbocycles. The topological polar surface area (TPSA) is 131 Å². The third-order valence-electron chi connectivity index (χ3n) is 5.73. The number of unbranched alkanes of at least 4 members (excludes halogenated alkanes) is 4. The van der Waals surface area contributed by atoms with E-state index in [-0.39, 0.29) is 18.5 Å². The number of carbonyl (C=O) groups excluding carboxylic acids is 4. The molecule has 0 bridgehead atoms. The van der Waals surface area contributed by atoms with Crippen molar-refractivity contribution in [1.82, 2.24) is 15.5 Å². The fourth-order valence-electron chi connectivity index (χ4n) is 4.31. The largest absolute Gasteiger partial charge is 0.444 e. The van der Waals surface area contributed by atoms with Gasteiger partial charge < -0.3 is 26.0 Å². The van der Waals surface area contributed by atoms with Gasteiger partial charge in [0.25, 0.3) is 0 Å². The van der Waals surface area contributed by atoms with E-state index in [1.165, 1.54) is 4.90 Å². The van der Waals surface area contributed by atoms with E-state index < -0.39 is 42.0 Å². The molecule has 4 N–H and O–H groups in total. The van der Waals surface area contributed by atoms with Gasteiger partial charge in [0.05, 0.1) is 6.42 Å². The van der Waals surface area contributed by atoms with E-state index in [0.717, 1.165) is 36.8 Å². The second kappa shape index (κ2) is 15.3. The number of alkyl carbamates (subject to hydrolysis) is 1. The standard InChI is InChI=1S/C29H48N4O5/c1-9-10-11-12-13-14-33(27(36)23(18-24(30)34)32-28(37)38-29(6,7)8)25(26(35)31-19(2)3)22-16-20(4)15-21(5)17-22/h15-17,19,23,25H,9-14,18H2,1-8H3,(H2,30,34)(H,31,35)(H,32,37). The summed E-state index contributed by atoms with van der Waals surface area (Å²) in [4.78, 5) is 53.6. The smallest absolute Gasteiger partial charge is 0.408 e. The maximum atomic E-state index is 14.0. The first kappa shape index (κ1) is 32.9. The summed E-state index contributed by atoms with van der Waals surface area (Å²) in [5.74, 6) is -1.65. The van der Waals surface area contributed by atoms with Gasteiger partial charge in [0, 0.05) is 12.6 Å². The highest BCUT2D eigenvalue weighted by Crippen LogP contribution is 2.26.